The maximum Gasteiger partial charge on any atom is 0.185 e. The Morgan fingerprint density at radius 3 is 2.61 bits per heavy atom. The molecule has 1 aromatic rings. The first-order chi connectivity index (χ1) is 8.81. The Hall–Kier alpha value is -0.610. The van der Waals surface area contributed by atoms with Gasteiger partial charge >= 0.3 is 0 Å². The Kier molecular flexibility index (Phi) is 3.57. The molecule has 3 rings (SSSR count). The summed E-state index contributed by atoms with van der Waals surface area (Å²) in [5, 5.41) is 10.6. The predicted molar refractivity (Wildman–Crippen MR) is 75.2 cm³/mol. The molecule has 0 atom stereocenters. The number of hydrogen-bond acceptors (Lipinski definition) is 4. The van der Waals surface area contributed by atoms with E-state index in [9.17, 15) is 5.11 Å². The second-order valence-electron chi connectivity index (χ2n) is 5.57. The molecule has 18 heavy (non-hydrogen) atoms. The van der Waals surface area contributed by atoms with Crippen molar-refractivity contribution in [2.75, 3.05) is 18.0 Å². The number of anilines is 1. The van der Waals surface area contributed by atoms with Crippen LogP contribution in [0.25, 0.3) is 0 Å². The highest BCUT2D eigenvalue weighted by Crippen LogP contribution is 2.44. The minimum atomic E-state index is 0.157. The highest BCUT2D eigenvalue weighted by Gasteiger charge is 2.30. The Balaban J connectivity index is 1.75. The highest BCUT2D eigenvalue weighted by molar-refractivity contribution is 7.15. The van der Waals surface area contributed by atoms with Gasteiger partial charge in [0.25, 0.3) is 0 Å². The molecule has 0 bridgehead atoms. The van der Waals surface area contributed by atoms with Crippen LogP contribution in [0.5, 0.6) is 0 Å². The van der Waals surface area contributed by atoms with Crippen molar-refractivity contribution >= 4 is 16.5 Å². The minimum absolute atomic E-state index is 0.157. The standard InChI is InChI=1S/C14H22N2OS/c1-2-16(8-10-4-3-5-10)14-15-13(11-6-7-11)12(9-17)18-14/h10-11,17H,2-9H2,1H3. The quantitative estimate of drug-likeness (QED) is 0.859. The fourth-order valence-corrected chi connectivity index (χ4v) is 3.68. The Morgan fingerprint density at radius 1 is 1.33 bits per heavy atom. The second kappa shape index (κ2) is 5.17. The SMILES string of the molecule is CCN(CC1CCC1)c1nc(C2CC2)c(CO)s1. The lowest BCUT2D eigenvalue weighted by molar-refractivity contribution is 0.284. The van der Waals surface area contributed by atoms with Crippen LogP contribution in [0.2, 0.25) is 0 Å². The normalized spacial score (nSPS) is 19.9. The summed E-state index contributed by atoms with van der Waals surface area (Å²) < 4.78 is 0. The van der Waals surface area contributed by atoms with Crippen LogP contribution in [-0.4, -0.2) is 23.2 Å². The Bertz CT molecular complexity index is 410. The zero-order valence-electron chi connectivity index (χ0n) is 11.1. The molecular weight excluding hydrogens is 244 g/mol. The number of aliphatic hydroxyl groups excluding tert-OH is 1. The van der Waals surface area contributed by atoms with Gasteiger partial charge in [-0.2, -0.15) is 0 Å². The van der Waals surface area contributed by atoms with Gasteiger partial charge in [-0.25, -0.2) is 4.98 Å². The van der Waals surface area contributed by atoms with Crippen molar-refractivity contribution in [3.05, 3.63) is 10.6 Å². The van der Waals surface area contributed by atoms with E-state index in [1.807, 2.05) is 0 Å². The molecule has 2 saturated carbocycles. The van der Waals surface area contributed by atoms with Crippen molar-refractivity contribution in [3.8, 4) is 0 Å². The van der Waals surface area contributed by atoms with Crippen LogP contribution in [0.4, 0.5) is 5.13 Å². The molecule has 1 heterocycles. The van der Waals surface area contributed by atoms with Gasteiger partial charge in [0.15, 0.2) is 5.13 Å². The third-order valence-electron chi connectivity index (χ3n) is 4.18. The van der Waals surface area contributed by atoms with Gasteiger partial charge in [0.1, 0.15) is 0 Å². The van der Waals surface area contributed by atoms with E-state index in [0.29, 0.717) is 5.92 Å². The lowest BCUT2D eigenvalue weighted by atomic mass is 9.85. The fraction of sp³-hybridized carbons (Fsp3) is 0.786. The molecule has 4 heteroatoms. The summed E-state index contributed by atoms with van der Waals surface area (Å²) >= 11 is 1.70. The number of aliphatic hydroxyl groups is 1. The Labute approximate surface area is 113 Å². The van der Waals surface area contributed by atoms with Gasteiger partial charge in [0.05, 0.1) is 17.2 Å². The summed E-state index contributed by atoms with van der Waals surface area (Å²) in [7, 11) is 0. The van der Waals surface area contributed by atoms with E-state index in [0.717, 1.165) is 29.0 Å². The largest absolute Gasteiger partial charge is 0.391 e. The first-order valence-electron chi connectivity index (χ1n) is 7.17. The zero-order chi connectivity index (χ0) is 12.5. The average Bonchev–Trinajstić information content (AvgIpc) is 3.08. The van der Waals surface area contributed by atoms with Crippen molar-refractivity contribution in [3.63, 3.8) is 0 Å². The minimum Gasteiger partial charge on any atom is -0.391 e. The van der Waals surface area contributed by atoms with E-state index in [1.165, 1.54) is 37.8 Å². The topological polar surface area (TPSA) is 36.4 Å². The molecule has 0 amide bonds. The predicted octanol–water partition coefficient (Wildman–Crippen LogP) is 3.14. The maximum absolute atomic E-state index is 9.45. The molecule has 0 unspecified atom stereocenters. The molecule has 2 fully saturated rings. The molecule has 0 saturated heterocycles. The van der Waals surface area contributed by atoms with Crippen LogP contribution >= 0.6 is 11.3 Å². The summed E-state index contributed by atoms with van der Waals surface area (Å²) in [5.74, 6) is 1.51. The second-order valence-corrected chi connectivity index (χ2v) is 6.63. The van der Waals surface area contributed by atoms with Crippen LogP contribution in [0.3, 0.4) is 0 Å². The molecule has 0 radical (unpaired) electrons. The molecule has 0 aliphatic heterocycles. The van der Waals surface area contributed by atoms with Gasteiger partial charge < -0.3 is 10.0 Å². The molecular formula is C14H22N2OS. The highest BCUT2D eigenvalue weighted by atomic mass is 32.1. The molecule has 2 aliphatic rings. The Morgan fingerprint density at radius 2 is 2.11 bits per heavy atom. The average molecular weight is 266 g/mol. The van der Waals surface area contributed by atoms with E-state index in [2.05, 4.69) is 11.8 Å². The van der Waals surface area contributed by atoms with Crippen molar-refractivity contribution in [1.82, 2.24) is 4.98 Å². The van der Waals surface area contributed by atoms with Gasteiger partial charge in [-0.1, -0.05) is 17.8 Å². The van der Waals surface area contributed by atoms with Gasteiger partial charge in [0.2, 0.25) is 0 Å². The van der Waals surface area contributed by atoms with Crippen LogP contribution in [0, 0.1) is 5.92 Å². The smallest absolute Gasteiger partial charge is 0.185 e. The van der Waals surface area contributed by atoms with E-state index in [4.69, 9.17) is 4.98 Å². The molecule has 1 aromatic heterocycles. The van der Waals surface area contributed by atoms with E-state index in [-0.39, 0.29) is 6.61 Å². The molecule has 3 nitrogen and oxygen atoms in total. The van der Waals surface area contributed by atoms with Gasteiger partial charge in [0, 0.05) is 19.0 Å². The molecule has 100 valence electrons. The summed E-state index contributed by atoms with van der Waals surface area (Å²) in [5.41, 5.74) is 1.18. The molecule has 2 aliphatic carbocycles. The van der Waals surface area contributed by atoms with Crippen molar-refractivity contribution in [2.45, 2.75) is 51.6 Å². The van der Waals surface area contributed by atoms with Crippen LogP contribution in [0.1, 0.15) is 55.5 Å². The van der Waals surface area contributed by atoms with Crippen molar-refractivity contribution < 1.29 is 5.11 Å². The number of hydrogen-bond donors (Lipinski definition) is 1. The van der Waals surface area contributed by atoms with E-state index < -0.39 is 0 Å². The van der Waals surface area contributed by atoms with Gasteiger partial charge in [-0.05, 0) is 38.5 Å². The van der Waals surface area contributed by atoms with Crippen LogP contribution in [0.15, 0.2) is 0 Å². The third kappa shape index (κ3) is 2.41. The van der Waals surface area contributed by atoms with Gasteiger partial charge in [-0.3, -0.25) is 0 Å². The third-order valence-corrected chi connectivity index (χ3v) is 5.30. The van der Waals surface area contributed by atoms with Crippen molar-refractivity contribution in [1.29, 1.82) is 0 Å². The first kappa shape index (κ1) is 12.4. The first-order valence-corrected chi connectivity index (χ1v) is 7.98. The number of rotatable bonds is 6. The number of nitrogens with zero attached hydrogens (tertiary/aromatic N) is 2. The fourth-order valence-electron chi connectivity index (χ4n) is 2.60. The van der Waals surface area contributed by atoms with Gasteiger partial charge in [-0.15, -0.1) is 0 Å². The summed E-state index contributed by atoms with van der Waals surface area (Å²) in [6.45, 7) is 4.54. The maximum atomic E-state index is 9.45. The van der Waals surface area contributed by atoms with Crippen molar-refractivity contribution in [2.24, 2.45) is 5.92 Å². The lowest BCUT2D eigenvalue weighted by Gasteiger charge is -2.31. The summed E-state index contributed by atoms with van der Waals surface area (Å²) in [6.07, 6.45) is 6.67. The number of thiazole rings is 1. The lowest BCUT2D eigenvalue weighted by Crippen LogP contribution is -2.32. The molecule has 1 N–H and O–H groups in total. The zero-order valence-corrected chi connectivity index (χ0v) is 11.9. The molecule has 0 spiro atoms. The van der Waals surface area contributed by atoms with Crippen LogP contribution in [-0.2, 0) is 6.61 Å². The summed E-state index contributed by atoms with van der Waals surface area (Å²) in [4.78, 5) is 8.31. The van der Waals surface area contributed by atoms with E-state index in [1.54, 1.807) is 11.3 Å². The number of aromatic nitrogens is 1. The van der Waals surface area contributed by atoms with E-state index >= 15 is 0 Å². The van der Waals surface area contributed by atoms with Crippen LogP contribution < -0.4 is 4.90 Å². The molecule has 0 aromatic carbocycles. The monoisotopic (exact) mass is 266 g/mol. The summed E-state index contributed by atoms with van der Waals surface area (Å²) in [6, 6.07) is 0.